The van der Waals surface area contributed by atoms with Crippen LogP contribution in [-0.4, -0.2) is 22.8 Å². The fourth-order valence-corrected chi connectivity index (χ4v) is 2.03. The summed E-state index contributed by atoms with van der Waals surface area (Å²) < 4.78 is 26.3. The molecule has 0 aliphatic carbocycles. The molecule has 0 saturated carbocycles. The molecule has 1 atom stereocenters. The van der Waals surface area contributed by atoms with Crippen LogP contribution in [0, 0.1) is 11.6 Å². The molecular formula is C16H17F2N3O. The molecule has 1 aromatic carbocycles. The van der Waals surface area contributed by atoms with Crippen molar-refractivity contribution in [1.82, 2.24) is 9.88 Å². The molecule has 0 saturated heterocycles. The van der Waals surface area contributed by atoms with E-state index in [1.54, 1.807) is 26.1 Å². The van der Waals surface area contributed by atoms with Crippen molar-refractivity contribution < 1.29 is 13.6 Å². The number of nitrogens with two attached hydrogens (primary N) is 1. The summed E-state index contributed by atoms with van der Waals surface area (Å²) in [6.07, 6.45) is 1.60. The number of halogens is 2. The van der Waals surface area contributed by atoms with E-state index in [0.717, 1.165) is 12.1 Å². The Morgan fingerprint density at radius 1 is 1.27 bits per heavy atom. The van der Waals surface area contributed by atoms with Crippen LogP contribution in [0.15, 0.2) is 36.5 Å². The molecule has 22 heavy (non-hydrogen) atoms. The summed E-state index contributed by atoms with van der Waals surface area (Å²) >= 11 is 0. The quantitative estimate of drug-likeness (QED) is 0.945. The maximum absolute atomic E-state index is 13.3. The average Bonchev–Trinajstić information content (AvgIpc) is 2.50. The van der Waals surface area contributed by atoms with E-state index in [9.17, 15) is 13.6 Å². The van der Waals surface area contributed by atoms with Crippen molar-refractivity contribution in [3.63, 3.8) is 0 Å². The molecule has 0 bridgehead atoms. The summed E-state index contributed by atoms with van der Waals surface area (Å²) in [5.41, 5.74) is 7.20. The second kappa shape index (κ2) is 6.51. The number of likely N-dealkylation sites (N-methyl/N-ethyl adjacent to an activating group) is 1. The van der Waals surface area contributed by atoms with Gasteiger partial charge in [0.1, 0.15) is 0 Å². The Hall–Kier alpha value is -2.50. The molecule has 0 radical (unpaired) electrons. The fraction of sp³-hybridized carbons (Fsp3) is 0.250. The Labute approximate surface area is 127 Å². The number of rotatable bonds is 4. The molecule has 2 rings (SSSR count). The van der Waals surface area contributed by atoms with Crippen molar-refractivity contribution in [1.29, 1.82) is 0 Å². The van der Waals surface area contributed by atoms with Gasteiger partial charge < -0.3 is 10.6 Å². The molecule has 0 spiro atoms. The third-order valence-electron chi connectivity index (χ3n) is 3.58. The van der Waals surface area contributed by atoms with Crippen LogP contribution in [-0.2, 0) is 11.2 Å². The van der Waals surface area contributed by atoms with Crippen molar-refractivity contribution in [2.24, 2.45) is 0 Å². The molecule has 2 N–H and O–H groups in total. The molecule has 0 aliphatic rings. The first-order valence-corrected chi connectivity index (χ1v) is 6.79. The molecular weight excluding hydrogens is 288 g/mol. The zero-order valence-corrected chi connectivity index (χ0v) is 12.4. The van der Waals surface area contributed by atoms with Gasteiger partial charge in [0.05, 0.1) is 24.3 Å². The van der Waals surface area contributed by atoms with Gasteiger partial charge in [-0.1, -0.05) is 6.07 Å². The molecule has 2 aromatic rings. The SMILES string of the molecule is CC(c1ccc(F)c(F)c1)N(C)C(=O)Cc1ccc(N)cn1. The Bertz CT molecular complexity index is 674. The summed E-state index contributed by atoms with van der Waals surface area (Å²) in [6, 6.07) is 6.61. The first kappa shape index (κ1) is 15.9. The van der Waals surface area contributed by atoms with Crippen LogP contribution < -0.4 is 5.73 Å². The van der Waals surface area contributed by atoms with Crippen LogP contribution in [0.25, 0.3) is 0 Å². The van der Waals surface area contributed by atoms with Gasteiger partial charge in [-0.05, 0) is 36.8 Å². The summed E-state index contributed by atoms with van der Waals surface area (Å²) in [5, 5.41) is 0. The molecule has 6 heteroatoms. The highest BCUT2D eigenvalue weighted by molar-refractivity contribution is 5.78. The largest absolute Gasteiger partial charge is 0.397 e. The van der Waals surface area contributed by atoms with E-state index in [1.807, 2.05) is 0 Å². The summed E-state index contributed by atoms with van der Waals surface area (Å²) in [7, 11) is 1.62. The lowest BCUT2D eigenvalue weighted by molar-refractivity contribution is -0.131. The smallest absolute Gasteiger partial charge is 0.228 e. The van der Waals surface area contributed by atoms with E-state index in [4.69, 9.17) is 5.73 Å². The van der Waals surface area contributed by atoms with Gasteiger partial charge >= 0.3 is 0 Å². The maximum atomic E-state index is 13.3. The van der Waals surface area contributed by atoms with E-state index in [1.165, 1.54) is 17.2 Å². The van der Waals surface area contributed by atoms with Gasteiger partial charge in [-0.25, -0.2) is 8.78 Å². The highest BCUT2D eigenvalue weighted by Crippen LogP contribution is 2.21. The first-order valence-electron chi connectivity index (χ1n) is 6.79. The van der Waals surface area contributed by atoms with E-state index < -0.39 is 11.6 Å². The normalized spacial score (nSPS) is 12.0. The van der Waals surface area contributed by atoms with E-state index >= 15 is 0 Å². The minimum atomic E-state index is -0.926. The van der Waals surface area contributed by atoms with Crippen molar-refractivity contribution in [3.05, 3.63) is 59.4 Å². The number of anilines is 1. The number of carbonyl (C=O) groups is 1. The van der Waals surface area contributed by atoms with Crippen molar-refractivity contribution >= 4 is 11.6 Å². The standard InChI is InChI=1S/C16H17F2N3O/c1-10(11-3-6-14(17)15(18)7-11)21(2)16(22)8-13-5-4-12(19)9-20-13/h3-7,9-10H,8,19H2,1-2H3. The summed E-state index contributed by atoms with van der Waals surface area (Å²) in [4.78, 5) is 17.8. The minimum absolute atomic E-state index is 0.116. The Morgan fingerprint density at radius 2 is 2.00 bits per heavy atom. The number of pyridine rings is 1. The number of hydrogen-bond acceptors (Lipinski definition) is 3. The number of hydrogen-bond donors (Lipinski definition) is 1. The van der Waals surface area contributed by atoms with Crippen LogP contribution in [0.2, 0.25) is 0 Å². The molecule has 4 nitrogen and oxygen atoms in total. The zero-order chi connectivity index (χ0) is 16.3. The Balaban J connectivity index is 2.08. The lowest BCUT2D eigenvalue weighted by Gasteiger charge is -2.25. The predicted molar refractivity (Wildman–Crippen MR) is 79.9 cm³/mol. The van der Waals surface area contributed by atoms with Gasteiger partial charge in [-0.2, -0.15) is 0 Å². The molecule has 0 aliphatic heterocycles. The summed E-state index contributed by atoms with van der Waals surface area (Å²) in [5.74, 6) is -2.00. The fourth-order valence-electron chi connectivity index (χ4n) is 2.03. The third-order valence-corrected chi connectivity index (χ3v) is 3.58. The number of nitrogen functional groups attached to an aromatic ring is 1. The third kappa shape index (κ3) is 3.58. The first-order chi connectivity index (χ1) is 10.4. The lowest BCUT2D eigenvalue weighted by Crippen LogP contribution is -2.31. The number of benzene rings is 1. The van der Waals surface area contributed by atoms with Gasteiger partial charge in [0.15, 0.2) is 11.6 Å². The predicted octanol–water partition coefficient (Wildman–Crippen LogP) is 2.70. The van der Waals surface area contributed by atoms with E-state index in [2.05, 4.69) is 4.98 Å². The molecule has 1 unspecified atom stereocenters. The van der Waals surface area contributed by atoms with Crippen LogP contribution in [0.3, 0.4) is 0 Å². The Kier molecular flexibility index (Phi) is 4.70. The van der Waals surface area contributed by atoms with Gasteiger partial charge in [0, 0.05) is 12.7 Å². The highest BCUT2D eigenvalue weighted by Gasteiger charge is 2.19. The topological polar surface area (TPSA) is 59.2 Å². The van der Waals surface area contributed by atoms with Crippen LogP contribution in [0.4, 0.5) is 14.5 Å². The zero-order valence-electron chi connectivity index (χ0n) is 12.4. The molecule has 1 amide bonds. The van der Waals surface area contributed by atoms with Gasteiger partial charge in [-0.3, -0.25) is 9.78 Å². The van der Waals surface area contributed by atoms with Gasteiger partial charge in [-0.15, -0.1) is 0 Å². The monoisotopic (exact) mass is 305 g/mol. The van der Waals surface area contributed by atoms with E-state index in [0.29, 0.717) is 16.9 Å². The highest BCUT2D eigenvalue weighted by atomic mass is 19.2. The number of carbonyl (C=O) groups excluding carboxylic acids is 1. The second-order valence-corrected chi connectivity index (χ2v) is 5.11. The minimum Gasteiger partial charge on any atom is -0.397 e. The van der Waals surface area contributed by atoms with Crippen LogP contribution in [0.5, 0.6) is 0 Å². The van der Waals surface area contributed by atoms with Gasteiger partial charge in [0.25, 0.3) is 0 Å². The van der Waals surface area contributed by atoms with Crippen molar-refractivity contribution in [2.75, 3.05) is 12.8 Å². The molecule has 1 aromatic heterocycles. The molecule has 1 heterocycles. The Morgan fingerprint density at radius 3 is 2.59 bits per heavy atom. The van der Waals surface area contributed by atoms with Crippen molar-refractivity contribution in [2.45, 2.75) is 19.4 Å². The molecule has 116 valence electrons. The van der Waals surface area contributed by atoms with Crippen LogP contribution >= 0.6 is 0 Å². The molecule has 0 fully saturated rings. The number of nitrogens with zero attached hydrogens (tertiary/aromatic N) is 2. The summed E-state index contributed by atoms with van der Waals surface area (Å²) in [6.45, 7) is 1.75. The van der Waals surface area contributed by atoms with E-state index in [-0.39, 0.29) is 18.4 Å². The second-order valence-electron chi connectivity index (χ2n) is 5.11. The number of aromatic nitrogens is 1. The maximum Gasteiger partial charge on any atom is 0.228 e. The lowest BCUT2D eigenvalue weighted by atomic mass is 10.1. The number of amides is 1. The van der Waals surface area contributed by atoms with Gasteiger partial charge in [0.2, 0.25) is 5.91 Å². The average molecular weight is 305 g/mol. The van der Waals surface area contributed by atoms with Crippen LogP contribution in [0.1, 0.15) is 24.2 Å². The van der Waals surface area contributed by atoms with Crippen molar-refractivity contribution in [3.8, 4) is 0 Å².